The van der Waals surface area contributed by atoms with Crippen LogP contribution in [0.3, 0.4) is 0 Å². The van der Waals surface area contributed by atoms with Crippen LogP contribution in [0, 0.1) is 39.7 Å². The zero-order valence-electron chi connectivity index (χ0n) is 19.6. The molecule has 3 aromatic rings. The molecule has 0 unspecified atom stereocenters. The molecule has 37 heavy (non-hydrogen) atoms. The zero-order chi connectivity index (χ0) is 27.1. The Morgan fingerprint density at radius 2 is 1.92 bits per heavy atom. The van der Waals surface area contributed by atoms with E-state index in [9.17, 15) is 30.2 Å². The van der Waals surface area contributed by atoms with Crippen LogP contribution in [-0.4, -0.2) is 23.3 Å². The smallest absolute Gasteiger partial charge is 0.348 e. The van der Waals surface area contributed by atoms with Gasteiger partial charge in [-0.05, 0) is 61.4 Å². The van der Waals surface area contributed by atoms with Gasteiger partial charge < -0.3 is 4.74 Å². The quantitative estimate of drug-likeness (QED) is 0.0961. The Morgan fingerprint density at radius 3 is 2.51 bits per heavy atom. The van der Waals surface area contributed by atoms with E-state index in [0.29, 0.717) is 25.9 Å². The molecule has 3 rings (SSSR count). The number of nitro benzene ring substituents is 1. The van der Waals surface area contributed by atoms with Crippen LogP contribution in [-0.2, 0) is 16.0 Å². The number of hydrogen-bond acceptors (Lipinski definition) is 9. The van der Waals surface area contributed by atoms with Crippen LogP contribution < -0.4 is 0 Å². The van der Waals surface area contributed by atoms with Crippen LogP contribution in [0.25, 0.3) is 6.08 Å². The monoisotopic (exact) mass is 551 g/mol. The number of thiophene rings is 1. The van der Waals surface area contributed by atoms with Crippen molar-refractivity contribution in [2.45, 2.75) is 30.1 Å². The van der Waals surface area contributed by atoms with Gasteiger partial charge in [-0.25, -0.2) is 4.79 Å². The molecule has 1 aromatic heterocycles. The van der Waals surface area contributed by atoms with Gasteiger partial charge in [-0.15, -0.1) is 11.3 Å². The van der Waals surface area contributed by atoms with Crippen molar-refractivity contribution in [3.05, 3.63) is 89.6 Å². The van der Waals surface area contributed by atoms with Crippen molar-refractivity contribution in [2.75, 3.05) is 6.61 Å². The molecule has 0 aliphatic rings. The first-order chi connectivity index (χ1) is 17.7. The lowest BCUT2D eigenvalue weighted by molar-refractivity contribution is -0.384. The van der Waals surface area contributed by atoms with Crippen molar-refractivity contribution in [2.24, 2.45) is 0 Å². The number of allylic oxidation sites excluding steroid dienone is 1. The average Bonchev–Trinajstić information content (AvgIpc) is 3.19. The zero-order valence-corrected chi connectivity index (χ0v) is 22.0. The Labute approximate surface area is 225 Å². The Bertz CT molecular complexity index is 1500. The number of Topliss-reactive ketones (excluding diaryl/α,β-unsaturated/α-hetero) is 1. The molecule has 1 heterocycles. The summed E-state index contributed by atoms with van der Waals surface area (Å²) in [7, 11) is 0. The van der Waals surface area contributed by atoms with Gasteiger partial charge in [0, 0.05) is 38.2 Å². The third kappa shape index (κ3) is 6.63. The van der Waals surface area contributed by atoms with E-state index >= 15 is 0 Å². The second-order valence-corrected chi connectivity index (χ2v) is 10.1. The number of nitro groups is 1. The fraction of sp³-hybridized carbons (Fsp3) is 0.154. The van der Waals surface area contributed by atoms with Crippen LogP contribution >= 0.6 is 34.7 Å². The molecule has 0 radical (unpaired) electrons. The van der Waals surface area contributed by atoms with E-state index in [1.54, 1.807) is 44.2 Å². The van der Waals surface area contributed by atoms with Gasteiger partial charge in [0.1, 0.15) is 17.0 Å². The number of hydrogen-bond donors (Lipinski definition) is 0. The predicted molar refractivity (Wildman–Crippen MR) is 141 cm³/mol. The Morgan fingerprint density at radius 1 is 1.22 bits per heavy atom. The third-order valence-electron chi connectivity index (χ3n) is 5.08. The van der Waals surface area contributed by atoms with E-state index in [0.717, 1.165) is 16.2 Å². The highest BCUT2D eigenvalue weighted by Gasteiger charge is 2.24. The molecule has 0 saturated heterocycles. The topological polar surface area (TPSA) is 134 Å². The summed E-state index contributed by atoms with van der Waals surface area (Å²) in [5.74, 6) is -1.18. The van der Waals surface area contributed by atoms with Crippen molar-refractivity contribution in [3.8, 4) is 12.1 Å². The predicted octanol–water partition coefficient (Wildman–Crippen LogP) is 6.54. The highest BCUT2D eigenvalue weighted by atomic mass is 35.5. The summed E-state index contributed by atoms with van der Waals surface area (Å²) < 4.78 is 5.02. The summed E-state index contributed by atoms with van der Waals surface area (Å²) in [5, 5.41) is 31.2. The van der Waals surface area contributed by atoms with Gasteiger partial charge in [0.15, 0.2) is 5.78 Å². The minimum atomic E-state index is -0.593. The molecule has 0 bridgehead atoms. The summed E-state index contributed by atoms with van der Waals surface area (Å²) in [5.41, 5.74) is 0.473. The molecule has 0 atom stereocenters. The molecule has 0 saturated carbocycles. The van der Waals surface area contributed by atoms with Crippen LogP contribution in [0.15, 0.2) is 57.8 Å². The summed E-state index contributed by atoms with van der Waals surface area (Å²) >= 11 is 8.21. The number of carbonyl (C=O) groups excluding carboxylic acids is 2. The van der Waals surface area contributed by atoms with Crippen LogP contribution in [0.5, 0.6) is 0 Å². The normalized spacial score (nSPS) is 10.9. The maximum absolute atomic E-state index is 13.1. The maximum Gasteiger partial charge on any atom is 0.348 e. The standard InChI is InChI=1S/C26H18ClN3O5S2/c1-3-35-26(32)25-15(2)21(14-29)24(37-25)12-22(31)17(13-28)10-16-11-19(30(33)34)6-9-23(16)36-20-7-4-18(27)5-8-20/h4-11H,3,12H2,1-2H3/b17-10-. The number of carbonyl (C=O) groups is 2. The van der Waals surface area contributed by atoms with Gasteiger partial charge in [0.25, 0.3) is 5.69 Å². The van der Waals surface area contributed by atoms with E-state index < -0.39 is 16.7 Å². The molecule has 0 fully saturated rings. The van der Waals surface area contributed by atoms with Gasteiger partial charge in [0.2, 0.25) is 0 Å². The second kappa shape index (κ2) is 12.3. The third-order valence-corrected chi connectivity index (χ3v) is 7.70. The first-order valence-corrected chi connectivity index (χ1v) is 12.8. The van der Waals surface area contributed by atoms with Crippen LogP contribution in [0.4, 0.5) is 5.69 Å². The largest absolute Gasteiger partial charge is 0.462 e. The highest BCUT2D eigenvalue weighted by Crippen LogP contribution is 2.35. The minimum absolute atomic E-state index is 0.160. The molecular formula is C26H18ClN3O5S2. The lowest BCUT2D eigenvalue weighted by Crippen LogP contribution is -2.05. The summed E-state index contributed by atoms with van der Waals surface area (Å²) in [6.45, 7) is 3.42. The Hall–Kier alpha value is -3.96. The Kier molecular flexibility index (Phi) is 9.20. The fourth-order valence-corrected chi connectivity index (χ4v) is 5.46. The van der Waals surface area contributed by atoms with Gasteiger partial charge in [-0.2, -0.15) is 10.5 Å². The minimum Gasteiger partial charge on any atom is -0.462 e. The maximum atomic E-state index is 13.1. The average molecular weight is 552 g/mol. The molecule has 8 nitrogen and oxygen atoms in total. The number of esters is 1. The van der Waals surface area contributed by atoms with E-state index in [2.05, 4.69) is 0 Å². The number of ketones is 1. The Balaban J connectivity index is 1.99. The molecule has 11 heteroatoms. The highest BCUT2D eigenvalue weighted by molar-refractivity contribution is 7.99. The van der Waals surface area contributed by atoms with Crippen molar-refractivity contribution >= 4 is 58.2 Å². The molecule has 0 N–H and O–H groups in total. The number of halogens is 1. The van der Waals surface area contributed by atoms with Crippen molar-refractivity contribution in [1.29, 1.82) is 10.5 Å². The van der Waals surface area contributed by atoms with E-state index in [4.69, 9.17) is 16.3 Å². The number of nitriles is 2. The van der Waals surface area contributed by atoms with Crippen LogP contribution in [0.1, 0.15) is 38.2 Å². The van der Waals surface area contributed by atoms with Crippen molar-refractivity contribution < 1.29 is 19.2 Å². The van der Waals surface area contributed by atoms with Crippen molar-refractivity contribution in [1.82, 2.24) is 0 Å². The molecule has 2 aromatic carbocycles. The lowest BCUT2D eigenvalue weighted by atomic mass is 10.0. The molecular weight excluding hydrogens is 534 g/mol. The van der Waals surface area contributed by atoms with Gasteiger partial charge >= 0.3 is 5.97 Å². The second-order valence-electron chi connectivity index (χ2n) is 7.49. The summed E-state index contributed by atoms with van der Waals surface area (Å²) in [6, 6.07) is 15.0. The molecule has 0 aliphatic carbocycles. The molecule has 186 valence electrons. The molecule has 0 spiro atoms. The summed E-state index contributed by atoms with van der Waals surface area (Å²) in [6.07, 6.45) is 1.01. The first kappa shape index (κ1) is 27.6. The van der Waals surface area contributed by atoms with Crippen LogP contribution in [0.2, 0.25) is 5.02 Å². The SMILES string of the molecule is CCOC(=O)c1sc(CC(=O)/C(C#N)=C\c2cc([N+](=O)[O-])ccc2Sc2ccc(Cl)cc2)c(C#N)c1C. The van der Waals surface area contributed by atoms with Crippen molar-refractivity contribution in [3.63, 3.8) is 0 Å². The number of rotatable bonds is 9. The van der Waals surface area contributed by atoms with Gasteiger partial charge in [-0.1, -0.05) is 23.4 Å². The lowest BCUT2D eigenvalue weighted by Gasteiger charge is -2.07. The number of ether oxygens (including phenoxy) is 1. The van der Waals surface area contributed by atoms with E-state index in [-0.39, 0.29) is 34.7 Å². The molecule has 0 amide bonds. The number of benzene rings is 2. The van der Waals surface area contributed by atoms with Gasteiger partial charge in [0.05, 0.1) is 22.7 Å². The number of nitrogens with zero attached hydrogens (tertiary/aromatic N) is 3. The summed E-state index contributed by atoms with van der Waals surface area (Å²) in [4.78, 5) is 38.1. The number of non-ortho nitro benzene ring substituents is 1. The van der Waals surface area contributed by atoms with E-state index in [1.807, 2.05) is 12.1 Å². The van der Waals surface area contributed by atoms with E-state index in [1.165, 1.54) is 30.0 Å². The van der Waals surface area contributed by atoms with Gasteiger partial charge in [-0.3, -0.25) is 14.9 Å². The fourth-order valence-electron chi connectivity index (χ4n) is 3.29. The first-order valence-electron chi connectivity index (χ1n) is 10.7. The molecule has 0 aliphatic heterocycles.